The number of hydrogen-bond acceptors (Lipinski definition) is 3. The predicted molar refractivity (Wildman–Crippen MR) is 119 cm³/mol. The monoisotopic (exact) mass is 377 g/mol. The molecule has 0 atom stereocenters. The third-order valence-corrected chi connectivity index (χ3v) is 5.36. The van der Waals surface area contributed by atoms with E-state index in [1.54, 1.807) is 0 Å². The van der Waals surface area contributed by atoms with Gasteiger partial charge in [-0.1, -0.05) is 101 Å². The van der Waals surface area contributed by atoms with Gasteiger partial charge in [-0.3, -0.25) is 10.5 Å². The standard InChI is InChI=1S/C22H43N3Si/c26-25-24-20-16-11-9-7-5-3-1-2-4-6-8-10-15-19-23-21-22-17-13-12-14-18-22/h12-14,17-18,23-25H,1-11,15-16,19-21H2,26H3. The molecule has 3 nitrogen and oxygen atoms in total. The molecule has 0 saturated heterocycles. The van der Waals surface area contributed by atoms with Crippen LogP contribution < -0.4 is 15.8 Å². The van der Waals surface area contributed by atoms with Gasteiger partial charge in [-0.25, -0.2) is 0 Å². The molecule has 0 aliphatic heterocycles. The Bertz CT molecular complexity index is 386. The normalized spacial score (nSPS) is 11.2. The Balaban J connectivity index is 1.68. The highest BCUT2D eigenvalue weighted by Gasteiger charge is 1.95. The summed E-state index contributed by atoms with van der Waals surface area (Å²) in [7, 11) is 1.04. The molecule has 0 aliphatic carbocycles. The Morgan fingerprint density at radius 3 is 1.54 bits per heavy atom. The maximum Gasteiger partial charge on any atom is 0.0942 e. The molecule has 0 aliphatic rings. The first kappa shape index (κ1) is 23.4. The summed E-state index contributed by atoms with van der Waals surface area (Å²) < 4.78 is 0. The van der Waals surface area contributed by atoms with Crippen LogP contribution in [0.4, 0.5) is 0 Å². The van der Waals surface area contributed by atoms with Crippen molar-refractivity contribution in [1.82, 2.24) is 15.8 Å². The van der Waals surface area contributed by atoms with Gasteiger partial charge in [0.15, 0.2) is 0 Å². The zero-order valence-corrected chi connectivity index (χ0v) is 19.2. The van der Waals surface area contributed by atoms with Crippen molar-refractivity contribution in [1.29, 1.82) is 0 Å². The summed E-state index contributed by atoms with van der Waals surface area (Å²) in [4.78, 5) is 0. The lowest BCUT2D eigenvalue weighted by molar-refractivity contribution is 0.524. The van der Waals surface area contributed by atoms with Crippen LogP contribution in [0, 0.1) is 0 Å². The molecule has 1 aromatic carbocycles. The van der Waals surface area contributed by atoms with Crippen LogP contribution in [-0.2, 0) is 6.54 Å². The second kappa shape index (κ2) is 19.1. The van der Waals surface area contributed by atoms with E-state index in [4.69, 9.17) is 0 Å². The third kappa shape index (κ3) is 15.6. The summed E-state index contributed by atoms with van der Waals surface area (Å²) in [5, 5.41) is 6.66. The smallest absolute Gasteiger partial charge is 0.0942 e. The summed E-state index contributed by atoms with van der Waals surface area (Å²) >= 11 is 0. The summed E-state index contributed by atoms with van der Waals surface area (Å²) in [5.74, 6) is 0. The fourth-order valence-electron chi connectivity index (χ4n) is 3.36. The third-order valence-electron chi connectivity index (χ3n) is 5.00. The maximum atomic E-state index is 3.55. The van der Waals surface area contributed by atoms with Crippen molar-refractivity contribution < 1.29 is 0 Å². The van der Waals surface area contributed by atoms with Crippen LogP contribution in [0.25, 0.3) is 0 Å². The second-order valence-corrected chi connectivity index (χ2v) is 7.94. The SMILES string of the molecule is [SiH3]NNCCCCCCCCCCCCCCCNCc1ccccc1. The number of benzene rings is 1. The van der Waals surface area contributed by atoms with E-state index in [1.165, 1.54) is 89.0 Å². The van der Waals surface area contributed by atoms with Gasteiger partial charge < -0.3 is 5.32 Å². The lowest BCUT2D eigenvalue weighted by Crippen LogP contribution is -2.29. The van der Waals surface area contributed by atoms with Crippen molar-refractivity contribution >= 4 is 10.4 Å². The molecule has 0 spiro atoms. The zero-order valence-electron chi connectivity index (χ0n) is 17.2. The van der Waals surface area contributed by atoms with Crippen LogP contribution in [0.1, 0.15) is 89.0 Å². The molecule has 0 bridgehead atoms. The van der Waals surface area contributed by atoms with Gasteiger partial charge in [0.1, 0.15) is 0 Å². The minimum Gasteiger partial charge on any atom is -0.313 e. The molecule has 0 unspecified atom stereocenters. The van der Waals surface area contributed by atoms with Gasteiger partial charge in [-0.15, -0.1) is 0 Å². The van der Waals surface area contributed by atoms with Crippen molar-refractivity contribution in [3.8, 4) is 0 Å². The molecule has 4 heteroatoms. The van der Waals surface area contributed by atoms with E-state index in [-0.39, 0.29) is 0 Å². The molecule has 0 saturated carbocycles. The van der Waals surface area contributed by atoms with Gasteiger partial charge in [0, 0.05) is 13.1 Å². The van der Waals surface area contributed by atoms with Crippen LogP contribution in [0.3, 0.4) is 0 Å². The summed E-state index contributed by atoms with van der Waals surface area (Å²) in [6.07, 6.45) is 18.3. The first-order valence-corrected chi connectivity index (χ1v) is 12.1. The number of hydrazine groups is 1. The fourth-order valence-corrected chi connectivity index (χ4v) is 3.61. The fraction of sp³-hybridized carbons (Fsp3) is 0.727. The molecule has 1 rings (SSSR count). The summed E-state index contributed by atoms with van der Waals surface area (Å²) in [6, 6.07) is 10.7. The summed E-state index contributed by atoms with van der Waals surface area (Å²) in [5.41, 5.74) is 4.60. The van der Waals surface area contributed by atoms with E-state index in [2.05, 4.69) is 46.2 Å². The molecular weight excluding hydrogens is 334 g/mol. The predicted octanol–water partition coefficient (Wildman–Crippen LogP) is 4.22. The largest absolute Gasteiger partial charge is 0.313 e. The quantitative estimate of drug-likeness (QED) is 0.192. The van der Waals surface area contributed by atoms with Gasteiger partial charge in [0.05, 0.1) is 10.4 Å². The van der Waals surface area contributed by atoms with Gasteiger partial charge in [0.25, 0.3) is 0 Å². The molecule has 0 radical (unpaired) electrons. The highest BCUT2D eigenvalue weighted by Crippen LogP contribution is 2.12. The molecule has 150 valence electrons. The van der Waals surface area contributed by atoms with E-state index in [0.29, 0.717) is 0 Å². The molecule has 26 heavy (non-hydrogen) atoms. The van der Waals surface area contributed by atoms with Crippen molar-refractivity contribution in [2.45, 2.75) is 90.0 Å². The molecule has 0 aromatic heterocycles. The van der Waals surface area contributed by atoms with Gasteiger partial charge >= 0.3 is 0 Å². The first-order valence-electron chi connectivity index (χ1n) is 11.1. The molecule has 0 heterocycles. The lowest BCUT2D eigenvalue weighted by atomic mass is 10.0. The van der Waals surface area contributed by atoms with E-state index < -0.39 is 0 Å². The number of hydrogen-bond donors (Lipinski definition) is 3. The Morgan fingerprint density at radius 1 is 0.577 bits per heavy atom. The van der Waals surface area contributed by atoms with Crippen molar-refractivity contribution in [2.24, 2.45) is 0 Å². The molecule has 3 N–H and O–H groups in total. The zero-order chi connectivity index (χ0) is 18.5. The van der Waals surface area contributed by atoms with Crippen molar-refractivity contribution in [3.05, 3.63) is 35.9 Å². The average molecular weight is 378 g/mol. The Morgan fingerprint density at radius 2 is 1.04 bits per heavy atom. The Labute approximate surface area is 165 Å². The number of rotatable bonds is 19. The Kier molecular flexibility index (Phi) is 17.1. The minimum absolute atomic E-state index is 1.01. The highest BCUT2D eigenvalue weighted by molar-refractivity contribution is 6.03. The van der Waals surface area contributed by atoms with E-state index >= 15 is 0 Å². The van der Waals surface area contributed by atoms with Crippen LogP contribution in [-0.4, -0.2) is 23.5 Å². The van der Waals surface area contributed by atoms with E-state index in [0.717, 1.165) is 30.0 Å². The number of unbranched alkanes of at least 4 members (excludes halogenated alkanes) is 12. The molecule has 0 amide bonds. The van der Waals surface area contributed by atoms with Crippen LogP contribution in [0.2, 0.25) is 0 Å². The topological polar surface area (TPSA) is 36.1 Å². The maximum absolute atomic E-state index is 3.55. The average Bonchev–Trinajstić information content (AvgIpc) is 2.68. The van der Waals surface area contributed by atoms with Crippen LogP contribution >= 0.6 is 0 Å². The second-order valence-electron chi connectivity index (χ2n) is 7.44. The first-order chi connectivity index (χ1) is 12.9. The minimum atomic E-state index is 1.01. The number of nitrogens with one attached hydrogen (secondary N) is 3. The van der Waals surface area contributed by atoms with Crippen molar-refractivity contribution in [2.75, 3.05) is 13.1 Å². The van der Waals surface area contributed by atoms with Gasteiger partial charge in [0.2, 0.25) is 0 Å². The molecule has 1 aromatic rings. The van der Waals surface area contributed by atoms with Crippen LogP contribution in [0.15, 0.2) is 30.3 Å². The molecular formula is C22H43N3Si. The lowest BCUT2D eigenvalue weighted by Gasteiger charge is -2.05. The van der Waals surface area contributed by atoms with E-state index in [1.807, 2.05) is 0 Å². The van der Waals surface area contributed by atoms with Crippen molar-refractivity contribution in [3.63, 3.8) is 0 Å². The Hall–Kier alpha value is -0.683. The summed E-state index contributed by atoms with van der Waals surface area (Å²) in [6.45, 7) is 3.29. The van der Waals surface area contributed by atoms with Crippen LogP contribution in [0.5, 0.6) is 0 Å². The van der Waals surface area contributed by atoms with Gasteiger partial charge in [-0.05, 0) is 24.9 Å². The van der Waals surface area contributed by atoms with E-state index in [9.17, 15) is 0 Å². The highest BCUT2D eigenvalue weighted by atomic mass is 28.2. The molecule has 0 fully saturated rings. The van der Waals surface area contributed by atoms with Gasteiger partial charge in [-0.2, -0.15) is 0 Å².